The molecule has 208 valence electrons. The lowest BCUT2D eigenvalue weighted by atomic mass is 10.1. The SMILES string of the molecule is CC(=O)c1ccc(NC(=O)C[C@H]2C(=O)NCCN2C(=O)CN2CCN(c3cccc(C(F)(F)F)c3)CC2)cc1. The molecule has 0 aliphatic carbocycles. The number of hydrogen-bond acceptors (Lipinski definition) is 6. The van der Waals surface area contributed by atoms with Gasteiger partial charge in [0, 0.05) is 56.2 Å². The minimum Gasteiger partial charge on any atom is -0.369 e. The third-order valence-electron chi connectivity index (χ3n) is 6.87. The summed E-state index contributed by atoms with van der Waals surface area (Å²) >= 11 is 0. The Labute approximate surface area is 223 Å². The van der Waals surface area contributed by atoms with Crippen molar-refractivity contribution in [1.82, 2.24) is 15.1 Å². The first-order valence-electron chi connectivity index (χ1n) is 12.6. The second-order valence-electron chi connectivity index (χ2n) is 9.59. The number of rotatable bonds is 7. The van der Waals surface area contributed by atoms with E-state index in [4.69, 9.17) is 0 Å². The van der Waals surface area contributed by atoms with Crippen LogP contribution in [0.1, 0.15) is 29.3 Å². The van der Waals surface area contributed by atoms with Gasteiger partial charge in [0.15, 0.2) is 5.78 Å². The van der Waals surface area contributed by atoms with Crippen molar-refractivity contribution < 1.29 is 32.3 Å². The molecular weight excluding hydrogens is 515 g/mol. The molecule has 2 aromatic carbocycles. The molecular formula is C27H30F3N5O4. The summed E-state index contributed by atoms with van der Waals surface area (Å²) in [5.74, 6) is -1.25. The van der Waals surface area contributed by atoms with Crippen molar-refractivity contribution in [2.24, 2.45) is 0 Å². The van der Waals surface area contributed by atoms with Crippen molar-refractivity contribution in [1.29, 1.82) is 0 Å². The average Bonchev–Trinajstić information content (AvgIpc) is 2.90. The molecule has 2 aromatic rings. The average molecular weight is 546 g/mol. The van der Waals surface area contributed by atoms with Crippen molar-refractivity contribution in [2.45, 2.75) is 25.6 Å². The van der Waals surface area contributed by atoms with Crippen LogP contribution >= 0.6 is 0 Å². The number of anilines is 2. The first-order chi connectivity index (χ1) is 18.5. The Hall–Kier alpha value is -3.93. The first-order valence-corrected chi connectivity index (χ1v) is 12.6. The van der Waals surface area contributed by atoms with Gasteiger partial charge in [-0.1, -0.05) is 6.07 Å². The summed E-state index contributed by atoms with van der Waals surface area (Å²) in [6, 6.07) is 10.6. The van der Waals surface area contributed by atoms with E-state index in [-0.39, 0.29) is 37.7 Å². The number of nitrogens with zero attached hydrogens (tertiary/aromatic N) is 3. The van der Waals surface area contributed by atoms with Crippen molar-refractivity contribution >= 4 is 34.9 Å². The van der Waals surface area contributed by atoms with E-state index in [1.807, 2.05) is 9.80 Å². The van der Waals surface area contributed by atoms with Gasteiger partial charge in [-0.05, 0) is 49.4 Å². The number of hydrogen-bond donors (Lipinski definition) is 2. The topological polar surface area (TPSA) is 102 Å². The van der Waals surface area contributed by atoms with Crippen LogP contribution in [0.5, 0.6) is 0 Å². The van der Waals surface area contributed by atoms with E-state index in [9.17, 15) is 32.3 Å². The summed E-state index contributed by atoms with van der Waals surface area (Å²) in [5.41, 5.74) is 0.750. The van der Waals surface area contributed by atoms with Crippen molar-refractivity contribution in [2.75, 3.05) is 56.0 Å². The number of amides is 3. The molecule has 2 heterocycles. The zero-order valence-corrected chi connectivity index (χ0v) is 21.5. The zero-order valence-electron chi connectivity index (χ0n) is 21.5. The van der Waals surface area contributed by atoms with Gasteiger partial charge in [0.1, 0.15) is 6.04 Å². The van der Waals surface area contributed by atoms with Crippen LogP contribution in [-0.2, 0) is 20.6 Å². The van der Waals surface area contributed by atoms with Crippen LogP contribution in [0.3, 0.4) is 0 Å². The van der Waals surface area contributed by atoms with E-state index < -0.39 is 29.6 Å². The summed E-state index contributed by atoms with van der Waals surface area (Å²) in [6.45, 7) is 3.84. The lowest BCUT2D eigenvalue weighted by Gasteiger charge is -2.39. The Morgan fingerprint density at radius 3 is 2.33 bits per heavy atom. The Balaban J connectivity index is 1.32. The summed E-state index contributed by atoms with van der Waals surface area (Å²) in [4.78, 5) is 55.0. The van der Waals surface area contributed by atoms with E-state index in [0.29, 0.717) is 43.1 Å². The van der Waals surface area contributed by atoms with Crippen molar-refractivity contribution in [3.8, 4) is 0 Å². The third-order valence-corrected chi connectivity index (χ3v) is 6.87. The monoisotopic (exact) mass is 545 g/mol. The van der Waals surface area contributed by atoms with E-state index >= 15 is 0 Å². The van der Waals surface area contributed by atoms with Crippen LogP contribution in [0.4, 0.5) is 24.5 Å². The summed E-state index contributed by atoms with van der Waals surface area (Å²) in [5, 5.41) is 5.39. The summed E-state index contributed by atoms with van der Waals surface area (Å²) in [7, 11) is 0. The molecule has 2 fully saturated rings. The molecule has 39 heavy (non-hydrogen) atoms. The molecule has 2 N–H and O–H groups in total. The minimum atomic E-state index is -4.42. The van der Waals surface area contributed by atoms with Crippen LogP contribution in [0.25, 0.3) is 0 Å². The van der Waals surface area contributed by atoms with Crippen LogP contribution in [0.2, 0.25) is 0 Å². The van der Waals surface area contributed by atoms with Gasteiger partial charge in [-0.15, -0.1) is 0 Å². The second-order valence-corrected chi connectivity index (χ2v) is 9.59. The molecule has 2 saturated heterocycles. The summed E-state index contributed by atoms with van der Waals surface area (Å²) < 4.78 is 39.2. The Bertz CT molecular complexity index is 1230. The molecule has 2 aliphatic rings. The highest BCUT2D eigenvalue weighted by molar-refractivity contribution is 5.98. The molecule has 2 aliphatic heterocycles. The smallest absolute Gasteiger partial charge is 0.369 e. The Morgan fingerprint density at radius 1 is 1.00 bits per heavy atom. The van der Waals surface area contributed by atoms with Crippen LogP contribution in [0, 0.1) is 0 Å². The molecule has 0 radical (unpaired) electrons. The fourth-order valence-electron chi connectivity index (χ4n) is 4.72. The second kappa shape index (κ2) is 11.9. The largest absolute Gasteiger partial charge is 0.416 e. The predicted molar refractivity (Wildman–Crippen MR) is 138 cm³/mol. The number of benzene rings is 2. The molecule has 3 amide bonds. The number of halogens is 3. The van der Waals surface area contributed by atoms with Crippen LogP contribution in [0.15, 0.2) is 48.5 Å². The first kappa shape index (κ1) is 28.1. The quantitative estimate of drug-likeness (QED) is 0.519. The van der Waals surface area contributed by atoms with Gasteiger partial charge >= 0.3 is 6.18 Å². The fraction of sp³-hybridized carbons (Fsp3) is 0.407. The van der Waals surface area contributed by atoms with Crippen molar-refractivity contribution in [3.63, 3.8) is 0 Å². The molecule has 0 unspecified atom stereocenters. The number of piperazine rings is 2. The highest BCUT2D eigenvalue weighted by atomic mass is 19.4. The number of carbonyl (C=O) groups is 4. The Morgan fingerprint density at radius 2 is 1.69 bits per heavy atom. The molecule has 0 aromatic heterocycles. The highest BCUT2D eigenvalue weighted by Gasteiger charge is 2.36. The number of nitrogens with one attached hydrogen (secondary N) is 2. The number of carbonyl (C=O) groups excluding carboxylic acids is 4. The standard InChI is InChI=1S/C27H30F3N5O4/c1-18(36)19-5-7-21(8-6-19)32-24(37)16-23-26(39)31-9-10-35(23)25(38)17-33-11-13-34(14-12-33)22-4-2-3-20(15-22)27(28,29)30/h2-8,15,23H,9-14,16-17H2,1H3,(H,31,39)(H,32,37)/t23-/m0/s1. The molecule has 1 atom stereocenters. The molecule has 0 saturated carbocycles. The number of alkyl halides is 3. The maximum Gasteiger partial charge on any atom is 0.416 e. The third kappa shape index (κ3) is 7.14. The van der Waals surface area contributed by atoms with E-state index in [0.717, 1.165) is 12.1 Å². The van der Waals surface area contributed by atoms with E-state index in [2.05, 4.69) is 10.6 Å². The minimum absolute atomic E-state index is 0.0360. The van der Waals surface area contributed by atoms with E-state index in [1.165, 1.54) is 17.9 Å². The lowest BCUT2D eigenvalue weighted by molar-refractivity contribution is -0.145. The van der Waals surface area contributed by atoms with Gasteiger partial charge in [0.05, 0.1) is 18.5 Å². The van der Waals surface area contributed by atoms with Gasteiger partial charge in [0.25, 0.3) is 0 Å². The van der Waals surface area contributed by atoms with Crippen molar-refractivity contribution in [3.05, 3.63) is 59.7 Å². The maximum atomic E-state index is 13.2. The van der Waals surface area contributed by atoms with Gasteiger partial charge in [-0.25, -0.2) is 0 Å². The lowest BCUT2D eigenvalue weighted by Crippen LogP contribution is -2.60. The molecule has 4 rings (SSSR count). The van der Waals surface area contributed by atoms with Gasteiger partial charge in [0.2, 0.25) is 17.7 Å². The normalized spacial score (nSPS) is 18.5. The molecule has 0 spiro atoms. The molecule has 9 nitrogen and oxygen atoms in total. The van der Waals surface area contributed by atoms with Gasteiger partial charge in [-0.3, -0.25) is 24.1 Å². The van der Waals surface area contributed by atoms with Crippen LogP contribution in [-0.4, -0.2) is 85.2 Å². The fourth-order valence-corrected chi connectivity index (χ4v) is 4.72. The Kier molecular flexibility index (Phi) is 8.54. The predicted octanol–water partition coefficient (Wildman–Crippen LogP) is 2.39. The van der Waals surface area contributed by atoms with E-state index in [1.54, 1.807) is 30.3 Å². The molecule has 12 heteroatoms. The highest BCUT2D eigenvalue weighted by Crippen LogP contribution is 2.32. The zero-order chi connectivity index (χ0) is 28.2. The van der Waals surface area contributed by atoms with Crippen LogP contribution < -0.4 is 15.5 Å². The number of ketones is 1. The molecule has 0 bridgehead atoms. The van der Waals surface area contributed by atoms with Gasteiger partial charge < -0.3 is 20.4 Å². The van der Waals surface area contributed by atoms with Gasteiger partial charge in [-0.2, -0.15) is 13.2 Å². The summed E-state index contributed by atoms with van der Waals surface area (Å²) in [6.07, 6.45) is -4.64. The number of Topliss-reactive ketones (excluding diaryl/α,β-unsaturated/α-hetero) is 1. The maximum absolute atomic E-state index is 13.2.